The van der Waals surface area contributed by atoms with Crippen molar-refractivity contribution >= 4 is 35.2 Å². The van der Waals surface area contributed by atoms with E-state index < -0.39 is 5.92 Å². The number of hydrogen-bond acceptors (Lipinski definition) is 5. The fourth-order valence-corrected chi connectivity index (χ4v) is 3.52. The topological polar surface area (TPSA) is 98.7 Å². The van der Waals surface area contributed by atoms with Gasteiger partial charge in [-0.1, -0.05) is 0 Å². The largest absolute Gasteiger partial charge is 0.508 e. The Kier molecular flexibility index (Phi) is 6.77. The third kappa shape index (κ3) is 5.29. The molecule has 152 valence electrons. The van der Waals surface area contributed by atoms with Gasteiger partial charge in [-0.25, -0.2) is 0 Å². The molecule has 1 atom stereocenters. The second-order valence-electron chi connectivity index (χ2n) is 6.70. The van der Waals surface area contributed by atoms with Gasteiger partial charge in [-0.2, -0.15) is 0 Å². The first-order valence-electron chi connectivity index (χ1n) is 9.27. The van der Waals surface area contributed by atoms with Gasteiger partial charge < -0.3 is 20.6 Å². The molecule has 1 heterocycles. The molecule has 2 aromatic rings. The van der Waals surface area contributed by atoms with Crippen LogP contribution in [-0.2, 0) is 9.59 Å². The van der Waals surface area contributed by atoms with E-state index in [1.807, 2.05) is 30.5 Å². The maximum absolute atomic E-state index is 12.4. The number of thioether (sulfide) groups is 1. The van der Waals surface area contributed by atoms with Crippen LogP contribution in [-0.4, -0.2) is 48.7 Å². The van der Waals surface area contributed by atoms with Gasteiger partial charge in [0.1, 0.15) is 5.75 Å². The first-order valence-corrected chi connectivity index (χ1v) is 10.5. The van der Waals surface area contributed by atoms with Crippen molar-refractivity contribution in [2.45, 2.75) is 11.3 Å². The summed E-state index contributed by atoms with van der Waals surface area (Å²) in [5.41, 5.74) is 1.22. The van der Waals surface area contributed by atoms with Gasteiger partial charge in [-0.05, 0) is 54.8 Å². The maximum Gasteiger partial charge on any atom is 0.251 e. The van der Waals surface area contributed by atoms with Gasteiger partial charge in [0.05, 0.1) is 5.92 Å². The monoisotopic (exact) mass is 413 g/mol. The van der Waals surface area contributed by atoms with Crippen LogP contribution in [0.4, 0.5) is 5.69 Å². The number of aromatic hydroxyl groups is 1. The lowest BCUT2D eigenvalue weighted by molar-refractivity contribution is -0.126. The molecule has 0 aliphatic carbocycles. The van der Waals surface area contributed by atoms with E-state index in [-0.39, 0.29) is 43.0 Å². The van der Waals surface area contributed by atoms with E-state index in [1.54, 1.807) is 16.7 Å². The molecule has 3 N–H and O–H groups in total. The Morgan fingerprint density at radius 1 is 1.07 bits per heavy atom. The van der Waals surface area contributed by atoms with Crippen LogP contribution in [0.1, 0.15) is 16.8 Å². The minimum atomic E-state index is -0.407. The molecule has 0 bridgehead atoms. The fourth-order valence-electron chi connectivity index (χ4n) is 3.12. The standard InChI is InChI=1S/C21H23N3O4S/c1-29-18-8-4-16(5-9-18)24-13-15(12-19(24)26)21(28)23-11-10-22-20(27)14-2-6-17(25)7-3-14/h2-9,15,25H,10-13H2,1H3,(H,22,27)(H,23,28). The number of carbonyl (C=O) groups excluding carboxylic acids is 3. The van der Waals surface area contributed by atoms with E-state index in [2.05, 4.69) is 10.6 Å². The van der Waals surface area contributed by atoms with Gasteiger partial charge in [0.15, 0.2) is 0 Å². The Labute approximate surface area is 173 Å². The van der Waals surface area contributed by atoms with E-state index in [0.29, 0.717) is 12.1 Å². The number of nitrogens with one attached hydrogen (secondary N) is 2. The number of phenols is 1. The molecule has 0 aromatic heterocycles. The highest BCUT2D eigenvalue weighted by Crippen LogP contribution is 2.27. The van der Waals surface area contributed by atoms with E-state index in [1.165, 1.54) is 24.3 Å². The van der Waals surface area contributed by atoms with Crippen LogP contribution in [0.2, 0.25) is 0 Å². The fraction of sp³-hybridized carbons (Fsp3) is 0.286. The minimum absolute atomic E-state index is 0.0670. The van der Waals surface area contributed by atoms with Crippen LogP contribution in [0, 0.1) is 5.92 Å². The molecule has 3 rings (SSSR count). The average molecular weight is 413 g/mol. The molecular weight excluding hydrogens is 390 g/mol. The van der Waals surface area contributed by atoms with Gasteiger partial charge >= 0.3 is 0 Å². The third-order valence-electron chi connectivity index (χ3n) is 4.72. The number of hydrogen-bond donors (Lipinski definition) is 3. The molecule has 1 aliphatic rings. The van der Waals surface area contributed by atoms with Crippen molar-refractivity contribution in [3.05, 3.63) is 54.1 Å². The highest BCUT2D eigenvalue weighted by molar-refractivity contribution is 7.98. The van der Waals surface area contributed by atoms with Crippen LogP contribution < -0.4 is 15.5 Å². The smallest absolute Gasteiger partial charge is 0.251 e. The van der Waals surface area contributed by atoms with E-state index in [4.69, 9.17) is 0 Å². The summed E-state index contributed by atoms with van der Waals surface area (Å²) in [4.78, 5) is 39.4. The number of nitrogens with zero attached hydrogens (tertiary/aromatic N) is 1. The lowest BCUT2D eigenvalue weighted by atomic mass is 10.1. The molecule has 1 unspecified atom stereocenters. The van der Waals surface area contributed by atoms with Crippen molar-refractivity contribution in [3.63, 3.8) is 0 Å². The van der Waals surface area contributed by atoms with Gasteiger partial charge in [0.25, 0.3) is 5.91 Å². The van der Waals surface area contributed by atoms with Crippen LogP contribution >= 0.6 is 11.8 Å². The van der Waals surface area contributed by atoms with E-state index in [0.717, 1.165) is 10.6 Å². The summed E-state index contributed by atoms with van der Waals surface area (Å²) in [5.74, 6) is -0.858. The predicted molar refractivity (Wildman–Crippen MR) is 112 cm³/mol. The van der Waals surface area contributed by atoms with Crippen molar-refractivity contribution in [2.75, 3.05) is 30.8 Å². The lowest BCUT2D eigenvalue weighted by Gasteiger charge is -2.17. The van der Waals surface area contributed by atoms with E-state index in [9.17, 15) is 19.5 Å². The Hall–Kier alpha value is -3.00. The second-order valence-corrected chi connectivity index (χ2v) is 7.58. The van der Waals surface area contributed by atoms with Crippen molar-refractivity contribution in [2.24, 2.45) is 5.92 Å². The molecule has 7 nitrogen and oxygen atoms in total. The molecule has 3 amide bonds. The van der Waals surface area contributed by atoms with Crippen LogP contribution in [0.3, 0.4) is 0 Å². The third-order valence-corrected chi connectivity index (χ3v) is 5.46. The number of phenolic OH excluding ortho intramolecular Hbond substituents is 1. The summed E-state index contributed by atoms with van der Waals surface area (Å²) in [7, 11) is 0. The van der Waals surface area contributed by atoms with Gasteiger partial charge in [-0.3, -0.25) is 14.4 Å². The van der Waals surface area contributed by atoms with Gasteiger partial charge in [-0.15, -0.1) is 11.8 Å². The van der Waals surface area contributed by atoms with Crippen LogP contribution in [0.15, 0.2) is 53.4 Å². The Balaban J connectivity index is 1.44. The molecule has 29 heavy (non-hydrogen) atoms. The lowest BCUT2D eigenvalue weighted by Crippen LogP contribution is -2.38. The molecule has 0 saturated carbocycles. The first-order chi connectivity index (χ1) is 14.0. The second kappa shape index (κ2) is 9.47. The maximum atomic E-state index is 12.4. The van der Waals surface area contributed by atoms with Gasteiger partial charge in [0.2, 0.25) is 11.8 Å². The highest BCUT2D eigenvalue weighted by atomic mass is 32.2. The number of benzene rings is 2. The summed E-state index contributed by atoms with van der Waals surface area (Å²) >= 11 is 1.63. The zero-order chi connectivity index (χ0) is 20.8. The SMILES string of the molecule is CSc1ccc(N2CC(C(=O)NCCNC(=O)c3ccc(O)cc3)CC2=O)cc1. The zero-order valence-corrected chi connectivity index (χ0v) is 16.9. The Morgan fingerprint density at radius 2 is 1.72 bits per heavy atom. The zero-order valence-electron chi connectivity index (χ0n) is 16.1. The molecule has 1 fully saturated rings. The molecule has 8 heteroatoms. The van der Waals surface area contributed by atoms with Crippen molar-refractivity contribution < 1.29 is 19.5 Å². The summed E-state index contributed by atoms with van der Waals surface area (Å²) in [6.07, 6.45) is 2.17. The van der Waals surface area contributed by atoms with Gasteiger partial charge in [0, 0.05) is 42.2 Å². The average Bonchev–Trinajstić information content (AvgIpc) is 3.13. The Bertz CT molecular complexity index is 884. The molecule has 1 aliphatic heterocycles. The normalized spacial score (nSPS) is 16.0. The number of carbonyl (C=O) groups is 3. The number of anilines is 1. The molecule has 0 spiro atoms. The molecule has 0 radical (unpaired) electrons. The first kappa shape index (κ1) is 20.7. The minimum Gasteiger partial charge on any atom is -0.508 e. The molecule has 1 saturated heterocycles. The summed E-state index contributed by atoms with van der Waals surface area (Å²) in [5, 5.41) is 14.7. The van der Waals surface area contributed by atoms with Crippen LogP contribution in [0.5, 0.6) is 5.75 Å². The van der Waals surface area contributed by atoms with E-state index >= 15 is 0 Å². The summed E-state index contributed by atoms with van der Waals surface area (Å²) in [6, 6.07) is 13.6. The van der Waals surface area contributed by atoms with Crippen molar-refractivity contribution in [3.8, 4) is 5.75 Å². The number of amides is 3. The Morgan fingerprint density at radius 3 is 2.38 bits per heavy atom. The van der Waals surface area contributed by atoms with Crippen molar-refractivity contribution in [1.82, 2.24) is 10.6 Å². The molecule has 2 aromatic carbocycles. The van der Waals surface area contributed by atoms with Crippen LogP contribution in [0.25, 0.3) is 0 Å². The predicted octanol–water partition coefficient (Wildman–Crippen LogP) is 2.01. The quantitative estimate of drug-likeness (QED) is 0.476. The van der Waals surface area contributed by atoms with Crippen molar-refractivity contribution in [1.29, 1.82) is 0 Å². The summed E-state index contributed by atoms with van der Waals surface area (Å²) in [6.45, 7) is 0.894. The summed E-state index contributed by atoms with van der Waals surface area (Å²) < 4.78 is 0. The number of rotatable bonds is 7. The highest BCUT2D eigenvalue weighted by Gasteiger charge is 2.34. The molecular formula is C21H23N3O4S.